The molecule has 1 aromatic carbocycles. The minimum absolute atomic E-state index is 0.489. The van der Waals surface area contributed by atoms with Crippen LogP contribution >= 0.6 is 0 Å². The molecule has 106 valence electrons. The predicted octanol–water partition coefficient (Wildman–Crippen LogP) is 3.20. The number of nitrogens with zero attached hydrogens (tertiary/aromatic N) is 2. The smallest absolute Gasteiger partial charge is 0.133 e. The molecule has 1 heterocycles. The second-order valence-electron chi connectivity index (χ2n) is 5.51. The molecular weight excluding hydrogens is 246 g/mol. The van der Waals surface area contributed by atoms with Gasteiger partial charge >= 0.3 is 0 Å². The monoisotopic (exact) mass is 269 g/mol. The van der Waals surface area contributed by atoms with Gasteiger partial charge in [-0.1, -0.05) is 12.1 Å². The molecule has 2 N–H and O–H groups in total. The van der Waals surface area contributed by atoms with Crippen LogP contribution in [-0.2, 0) is 6.54 Å². The molecule has 0 fully saturated rings. The summed E-state index contributed by atoms with van der Waals surface area (Å²) >= 11 is 0. The summed E-state index contributed by atoms with van der Waals surface area (Å²) in [5.74, 6) is 0.947. The van der Waals surface area contributed by atoms with Gasteiger partial charge in [-0.2, -0.15) is 0 Å². The first-order valence-corrected chi connectivity index (χ1v) is 6.89. The minimum Gasteiger partial charge on any atom is -0.362 e. The summed E-state index contributed by atoms with van der Waals surface area (Å²) in [6.45, 7) is 6.93. The zero-order valence-corrected chi connectivity index (χ0v) is 13.0. The van der Waals surface area contributed by atoms with E-state index in [0.29, 0.717) is 6.54 Å². The molecule has 3 heteroatoms. The molecule has 0 aliphatic heterocycles. The fourth-order valence-corrected chi connectivity index (χ4v) is 2.57. The van der Waals surface area contributed by atoms with E-state index in [1.54, 1.807) is 0 Å². The molecule has 2 rings (SSSR count). The van der Waals surface area contributed by atoms with E-state index in [-0.39, 0.29) is 0 Å². The third kappa shape index (κ3) is 2.54. The van der Waals surface area contributed by atoms with Crippen molar-refractivity contribution < 1.29 is 0 Å². The molecule has 0 unspecified atom stereocenters. The second-order valence-corrected chi connectivity index (χ2v) is 5.51. The molecule has 3 nitrogen and oxygen atoms in total. The molecule has 1 aromatic heterocycles. The van der Waals surface area contributed by atoms with Crippen LogP contribution in [0.25, 0.3) is 11.1 Å². The molecule has 0 aliphatic carbocycles. The number of benzene rings is 1. The van der Waals surface area contributed by atoms with Crippen LogP contribution in [0.3, 0.4) is 0 Å². The Morgan fingerprint density at radius 1 is 1.00 bits per heavy atom. The van der Waals surface area contributed by atoms with Crippen LogP contribution in [0.2, 0.25) is 0 Å². The van der Waals surface area contributed by atoms with Crippen molar-refractivity contribution in [1.29, 1.82) is 0 Å². The number of anilines is 1. The first kappa shape index (κ1) is 14.5. The van der Waals surface area contributed by atoms with Gasteiger partial charge in [0.05, 0.1) is 0 Å². The molecule has 0 atom stereocenters. The molecule has 0 spiro atoms. The lowest BCUT2D eigenvalue weighted by atomic mass is 9.93. The summed E-state index contributed by atoms with van der Waals surface area (Å²) in [5, 5.41) is 0. The summed E-state index contributed by atoms with van der Waals surface area (Å²) in [5.41, 5.74) is 13.4. The van der Waals surface area contributed by atoms with Crippen molar-refractivity contribution in [2.45, 2.75) is 27.3 Å². The summed E-state index contributed by atoms with van der Waals surface area (Å²) < 4.78 is 0. The van der Waals surface area contributed by atoms with Crippen LogP contribution < -0.4 is 10.6 Å². The molecule has 0 amide bonds. The maximum atomic E-state index is 5.98. The topological polar surface area (TPSA) is 42.2 Å². The van der Waals surface area contributed by atoms with E-state index in [9.17, 15) is 0 Å². The molecule has 0 bridgehead atoms. The maximum absolute atomic E-state index is 5.98. The highest BCUT2D eigenvalue weighted by atomic mass is 15.1. The highest BCUT2D eigenvalue weighted by molar-refractivity contribution is 5.75. The molecule has 0 saturated heterocycles. The van der Waals surface area contributed by atoms with E-state index in [4.69, 9.17) is 5.73 Å². The Morgan fingerprint density at radius 3 is 2.25 bits per heavy atom. The summed E-state index contributed by atoms with van der Waals surface area (Å²) in [4.78, 5) is 6.47. The average molecular weight is 269 g/mol. The van der Waals surface area contributed by atoms with Crippen molar-refractivity contribution in [3.63, 3.8) is 0 Å². The molecule has 0 radical (unpaired) electrons. The Hall–Kier alpha value is -1.87. The maximum Gasteiger partial charge on any atom is 0.133 e. The van der Waals surface area contributed by atoms with Crippen molar-refractivity contribution in [3.8, 4) is 11.1 Å². The van der Waals surface area contributed by atoms with E-state index < -0.39 is 0 Å². The molecule has 2 aromatic rings. The summed E-state index contributed by atoms with van der Waals surface area (Å²) in [6, 6.07) is 6.55. The van der Waals surface area contributed by atoms with Crippen molar-refractivity contribution in [3.05, 3.63) is 46.6 Å². The minimum atomic E-state index is 0.489. The van der Waals surface area contributed by atoms with Gasteiger partial charge in [0.2, 0.25) is 0 Å². The van der Waals surface area contributed by atoms with Crippen molar-refractivity contribution in [2.75, 3.05) is 19.0 Å². The Labute approximate surface area is 121 Å². The van der Waals surface area contributed by atoms with Gasteiger partial charge in [-0.25, -0.2) is 4.98 Å². The van der Waals surface area contributed by atoms with E-state index in [2.05, 4.69) is 44.0 Å². The van der Waals surface area contributed by atoms with Crippen molar-refractivity contribution >= 4 is 5.82 Å². The van der Waals surface area contributed by atoms with E-state index in [0.717, 1.165) is 11.4 Å². The van der Waals surface area contributed by atoms with Crippen LogP contribution in [0, 0.1) is 20.8 Å². The summed E-state index contributed by atoms with van der Waals surface area (Å²) in [7, 11) is 4.00. The molecule has 20 heavy (non-hydrogen) atoms. The number of hydrogen-bond acceptors (Lipinski definition) is 3. The van der Waals surface area contributed by atoms with E-state index >= 15 is 0 Å². The lowest BCUT2D eigenvalue weighted by Gasteiger charge is -2.20. The predicted molar refractivity (Wildman–Crippen MR) is 86.1 cm³/mol. The van der Waals surface area contributed by atoms with Gasteiger partial charge in [0.25, 0.3) is 0 Å². The number of pyridine rings is 1. The molecule has 0 saturated carbocycles. The van der Waals surface area contributed by atoms with Crippen LogP contribution in [-0.4, -0.2) is 19.1 Å². The van der Waals surface area contributed by atoms with Gasteiger partial charge in [0, 0.05) is 32.4 Å². The SMILES string of the molecule is Cc1cc(C)c(-c2ccnc(N(C)C)c2CN)cc1C. The van der Waals surface area contributed by atoms with Gasteiger partial charge in [0.15, 0.2) is 0 Å². The van der Waals surface area contributed by atoms with Gasteiger partial charge in [-0.15, -0.1) is 0 Å². The fraction of sp³-hybridized carbons (Fsp3) is 0.353. The lowest BCUT2D eigenvalue weighted by molar-refractivity contribution is 0.988. The van der Waals surface area contributed by atoms with E-state index in [1.165, 1.54) is 27.8 Å². The largest absolute Gasteiger partial charge is 0.362 e. The third-order valence-electron chi connectivity index (χ3n) is 3.79. The van der Waals surface area contributed by atoms with Gasteiger partial charge in [-0.05, 0) is 54.7 Å². The molecule has 0 aliphatic rings. The Balaban J connectivity index is 2.70. The van der Waals surface area contributed by atoms with E-state index in [1.807, 2.05) is 25.2 Å². The quantitative estimate of drug-likeness (QED) is 0.930. The Morgan fingerprint density at radius 2 is 1.65 bits per heavy atom. The fourth-order valence-electron chi connectivity index (χ4n) is 2.57. The number of hydrogen-bond donors (Lipinski definition) is 1. The van der Waals surface area contributed by atoms with Gasteiger partial charge in [0.1, 0.15) is 5.82 Å². The van der Waals surface area contributed by atoms with Gasteiger partial charge in [-0.3, -0.25) is 0 Å². The normalized spacial score (nSPS) is 10.7. The van der Waals surface area contributed by atoms with Crippen LogP contribution in [0.15, 0.2) is 24.4 Å². The zero-order valence-electron chi connectivity index (χ0n) is 13.0. The van der Waals surface area contributed by atoms with Crippen LogP contribution in [0.4, 0.5) is 5.82 Å². The first-order valence-electron chi connectivity index (χ1n) is 6.89. The number of nitrogens with two attached hydrogens (primary N) is 1. The Bertz CT molecular complexity index is 630. The average Bonchev–Trinajstić information content (AvgIpc) is 2.41. The number of aryl methyl sites for hydroxylation is 3. The van der Waals surface area contributed by atoms with Crippen molar-refractivity contribution in [2.24, 2.45) is 5.73 Å². The number of aromatic nitrogens is 1. The van der Waals surface area contributed by atoms with Crippen LogP contribution in [0.1, 0.15) is 22.3 Å². The summed E-state index contributed by atoms with van der Waals surface area (Å²) in [6.07, 6.45) is 1.86. The zero-order chi connectivity index (χ0) is 14.9. The standard InChI is InChI=1S/C17H23N3/c1-11-8-13(3)15(9-12(11)2)14-6-7-19-17(20(4)5)16(14)10-18/h6-9H,10,18H2,1-5H3. The Kier molecular flexibility index (Phi) is 4.09. The van der Waals surface area contributed by atoms with Crippen molar-refractivity contribution in [1.82, 2.24) is 4.98 Å². The highest BCUT2D eigenvalue weighted by Crippen LogP contribution is 2.32. The lowest BCUT2D eigenvalue weighted by Crippen LogP contribution is -2.15. The molecular formula is C17H23N3. The van der Waals surface area contributed by atoms with Crippen LogP contribution in [0.5, 0.6) is 0 Å². The third-order valence-corrected chi connectivity index (χ3v) is 3.79. The van der Waals surface area contributed by atoms with Gasteiger partial charge < -0.3 is 10.6 Å². The first-order chi connectivity index (χ1) is 9.45. The highest BCUT2D eigenvalue weighted by Gasteiger charge is 2.13. The second kappa shape index (κ2) is 5.63. The number of rotatable bonds is 3.